The van der Waals surface area contributed by atoms with Gasteiger partial charge in [0.25, 0.3) is 5.69 Å². The van der Waals surface area contributed by atoms with Gasteiger partial charge in [-0.2, -0.15) is 0 Å². The van der Waals surface area contributed by atoms with E-state index in [1.54, 1.807) is 19.1 Å². The highest BCUT2D eigenvalue weighted by molar-refractivity contribution is 5.43. The van der Waals surface area contributed by atoms with Crippen LogP contribution in [0.1, 0.15) is 11.1 Å². The molecule has 0 aliphatic carbocycles. The number of aryl methyl sites for hydroxylation is 1. The number of benzene rings is 1. The highest BCUT2D eigenvalue weighted by Gasteiger charge is 2.08. The minimum atomic E-state index is -0.401. The second-order valence-electron chi connectivity index (χ2n) is 2.44. The van der Waals surface area contributed by atoms with E-state index in [1.807, 2.05) is 0 Å². The molecule has 0 saturated carbocycles. The minimum Gasteiger partial charge on any atom is -0.258 e. The van der Waals surface area contributed by atoms with E-state index in [0.29, 0.717) is 5.56 Å². The molecule has 0 aromatic heterocycles. The first-order valence-electron chi connectivity index (χ1n) is 3.43. The van der Waals surface area contributed by atoms with Gasteiger partial charge in [-0.3, -0.25) is 10.1 Å². The monoisotopic (exact) mass is 162 g/mol. The summed E-state index contributed by atoms with van der Waals surface area (Å²) in [5, 5.41) is 10.4. The van der Waals surface area contributed by atoms with Crippen molar-refractivity contribution in [1.29, 1.82) is 0 Å². The Morgan fingerprint density at radius 3 is 2.67 bits per heavy atom. The highest BCUT2D eigenvalue weighted by Crippen LogP contribution is 2.18. The van der Waals surface area contributed by atoms with Crippen LogP contribution in [0.3, 0.4) is 0 Å². The predicted molar refractivity (Wildman–Crippen MR) is 45.8 cm³/mol. The van der Waals surface area contributed by atoms with Crippen molar-refractivity contribution in [2.75, 3.05) is 0 Å². The first-order valence-corrected chi connectivity index (χ1v) is 3.43. The smallest absolute Gasteiger partial charge is 0.258 e. The van der Waals surface area contributed by atoms with E-state index in [9.17, 15) is 10.1 Å². The lowest BCUT2D eigenvalue weighted by Gasteiger charge is -1.97. The van der Waals surface area contributed by atoms with Gasteiger partial charge in [-0.15, -0.1) is 0 Å². The van der Waals surface area contributed by atoms with Crippen LogP contribution in [-0.2, 0) is 0 Å². The van der Waals surface area contributed by atoms with E-state index in [4.69, 9.17) is 0 Å². The molecule has 1 aromatic rings. The van der Waals surface area contributed by atoms with Gasteiger partial charge in [0.2, 0.25) is 0 Å². The summed E-state index contributed by atoms with van der Waals surface area (Å²) in [6.45, 7) is 5.15. The summed E-state index contributed by atoms with van der Waals surface area (Å²) in [4.78, 5) is 9.99. The fraction of sp³-hybridized carbons (Fsp3) is 0.111. The van der Waals surface area contributed by atoms with Crippen LogP contribution < -0.4 is 0 Å². The Balaban J connectivity index is 3.20. The molecule has 0 amide bonds. The maximum absolute atomic E-state index is 10.4. The molecule has 1 rings (SSSR count). The topological polar surface area (TPSA) is 43.1 Å². The zero-order valence-electron chi connectivity index (χ0n) is 6.70. The first-order chi connectivity index (χ1) is 5.65. The molecule has 0 N–H and O–H groups in total. The molecular weight excluding hydrogens is 154 g/mol. The van der Waals surface area contributed by atoms with Gasteiger partial charge in [-0.1, -0.05) is 6.58 Å². The normalized spacial score (nSPS) is 9.42. The second-order valence-corrected chi connectivity index (χ2v) is 2.44. The predicted octanol–water partition coefficient (Wildman–Crippen LogP) is 2.24. The molecular formula is C9H8NO2. The van der Waals surface area contributed by atoms with Gasteiger partial charge in [0, 0.05) is 11.6 Å². The third-order valence-corrected chi connectivity index (χ3v) is 1.60. The molecule has 3 nitrogen and oxygen atoms in total. The maximum atomic E-state index is 10.4. The number of rotatable bonds is 2. The van der Waals surface area contributed by atoms with Crippen LogP contribution in [0.5, 0.6) is 0 Å². The van der Waals surface area contributed by atoms with Crippen LogP contribution in [0.25, 0.3) is 0 Å². The quantitative estimate of drug-likeness (QED) is 0.494. The summed E-state index contributed by atoms with van der Waals surface area (Å²) in [5.74, 6) is 0. The lowest BCUT2D eigenvalue weighted by molar-refractivity contribution is -0.385. The van der Waals surface area contributed by atoms with Gasteiger partial charge in [-0.25, -0.2) is 0 Å². The number of hydrogen-bond acceptors (Lipinski definition) is 2. The fourth-order valence-electron chi connectivity index (χ4n) is 0.970. The maximum Gasteiger partial charge on any atom is 0.272 e. The van der Waals surface area contributed by atoms with Crippen molar-refractivity contribution in [1.82, 2.24) is 0 Å². The summed E-state index contributed by atoms with van der Waals surface area (Å²) >= 11 is 0. The average molecular weight is 162 g/mol. The Morgan fingerprint density at radius 2 is 2.25 bits per heavy atom. The first kappa shape index (κ1) is 8.46. The molecule has 0 bridgehead atoms. The minimum absolute atomic E-state index is 0.133. The van der Waals surface area contributed by atoms with Crippen LogP contribution in [0.15, 0.2) is 24.8 Å². The number of nitro benzene ring substituents is 1. The summed E-state index contributed by atoms with van der Waals surface area (Å²) in [6.07, 6.45) is 2.66. The molecule has 0 spiro atoms. The van der Waals surface area contributed by atoms with Crippen LogP contribution in [0, 0.1) is 23.1 Å². The Hall–Kier alpha value is -1.64. The Bertz CT molecular complexity index is 331. The fourth-order valence-corrected chi connectivity index (χ4v) is 0.970. The van der Waals surface area contributed by atoms with Crippen molar-refractivity contribution in [3.8, 4) is 0 Å². The molecule has 1 radical (unpaired) electrons. The highest BCUT2D eigenvalue weighted by atomic mass is 16.6. The third kappa shape index (κ3) is 1.50. The van der Waals surface area contributed by atoms with Crippen molar-refractivity contribution in [3.05, 3.63) is 52.1 Å². The summed E-state index contributed by atoms with van der Waals surface area (Å²) in [7, 11) is 0. The van der Waals surface area contributed by atoms with E-state index >= 15 is 0 Å². The van der Waals surface area contributed by atoms with E-state index in [1.165, 1.54) is 6.07 Å². The van der Waals surface area contributed by atoms with Crippen molar-refractivity contribution < 1.29 is 4.92 Å². The molecule has 61 valence electrons. The molecule has 12 heavy (non-hydrogen) atoms. The lowest BCUT2D eigenvalue weighted by Crippen LogP contribution is -1.91. The summed E-state index contributed by atoms with van der Waals surface area (Å²) in [5.41, 5.74) is 1.54. The Morgan fingerprint density at radius 1 is 1.58 bits per heavy atom. The molecule has 1 aromatic carbocycles. The molecule has 0 saturated heterocycles. The third-order valence-electron chi connectivity index (χ3n) is 1.60. The second kappa shape index (κ2) is 3.17. The van der Waals surface area contributed by atoms with Crippen molar-refractivity contribution in [3.63, 3.8) is 0 Å². The summed E-state index contributed by atoms with van der Waals surface area (Å²) in [6, 6.07) is 4.77. The SMILES string of the molecule is C=[C]c1ccc([N+](=O)[O-])c(C)c1. The van der Waals surface area contributed by atoms with Crippen LogP contribution >= 0.6 is 0 Å². The van der Waals surface area contributed by atoms with Gasteiger partial charge in [-0.05, 0) is 30.7 Å². The van der Waals surface area contributed by atoms with Gasteiger partial charge in [0.05, 0.1) is 4.92 Å². The van der Waals surface area contributed by atoms with Crippen molar-refractivity contribution >= 4 is 5.69 Å². The van der Waals surface area contributed by atoms with Gasteiger partial charge in [0.1, 0.15) is 0 Å². The van der Waals surface area contributed by atoms with Gasteiger partial charge >= 0.3 is 0 Å². The Kier molecular flexibility index (Phi) is 2.24. The molecule has 0 aliphatic rings. The molecule has 0 aliphatic heterocycles. The molecule has 0 heterocycles. The summed E-state index contributed by atoms with van der Waals surface area (Å²) < 4.78 is 0. The number of hydrogen-bond donors (Lipinski definition) is 0. The van der Waals surface area contributed by atoms with Crippen LogP contribution in [0.2, 0.25) is 0 Å². The van der Waals surface area contributed by atoms with Crippen molar-refractivity contribution in [2.45, 2.75) is 6.92 Å². The Labute approximate surface area is 70.5 Å². The van der Waals surface area contributed by atoms with E-state index in [-0.39, 0.29) is 5.69 Å². The van der Waals surface area contributed by atoms with E-state index in [0.717, 1.165) is 5.56 Å². The van der Waals surface area contributed by atoms with Crippen LogP contribution in [-0.4, -0.2) is 4.92 Å². The average Bonchev–Trinajstić information content (AvgIpc) is 2.03. The molecule has 0 fully saturated rings. The lowest BCUT2D eigenvalue weighted by atomic mass is 10.1. The largest absolute Gasteiger partial charge is 0.272 e. The number of nitrogens with zero attached hydrogens (tertiary/aromatic N) is 1. The van der Waals surface area contributed by atoms with E-state index < -0.39 is 4.92 Å². The van der Waals surface area contributed by atoms with Crippen molar-refractivity contribution in [2.24, 2.45) is 0 Å². The van der Waals surface area contributed by atoms with E-state index in [2.05, 4.69) is 12.7 Å². The zero-order valence-corrected chi connectivity index (χ0v) is 6.70. The number of nitro groups is 1. The van der Waals surface area contributed by atoms with Crippen LogP contribution in [0.4, 0.5) is 5.69 Å². The molecule has 3 heteroatoms. The molecule has 0 atom stereocenters. The zero-order chi connectivity index (χ0) is 9.14. The standard InChI is InChI=1S/C9H8NO2/c1-3-8-4-5-9(10(11)12)7(2)6-8/h4-6H,1H2,2H3. The van der Waals surface area contributed by atoms with Gasteiger partial charge < -0.3 is 0 Å². The van der Waals surface area contributed by atoms with Gasteiger partial charge in [0.15, 0.2) is 0 Å². The molecule has 0 unspecified atom stereocenters.